The lowest BCUT2D eigenvalue weighted by Crippen LogP contribution is -2.39. The molecule has 0 saturated carbocycles. The number of rotatable bonds is 5. The highest BCUT2D eigenvalue weighted by molar-refractivity contribution is 7.89. The number of hydrogen-bond donors (Lipinski definition) is 0. The van der Waals surface area contributed by atoms with Gasteiger partial charge in [-0.1, -0.05) is 12.1 Å². The zero-order valence-corrected chi connectivity index (χ0v) is 19.5. The molecule has 33 heavy (non-hydrogen) atoms. The normalized spacial score (nSPS) is 16.9. The number of nitrogens with zero attached hydrogens (tertiary/aromatic N) is 5. The Labute approximate surface area is 194 Å². The summed E-state index contributed by atoms with van der Waals surface area (Å²) in [5, 5.41) is 0. The van der Waals surface area contributed by atoms with E-state index in [1.807, 2.05) is 18.2 Å². The maximum atomic E-state index is 13.4. The zero-order valence-electron chi connectivity index (χ0n) is 18.6. The van der Waals surface area contributed by atoms with Crippen LogP contribution in [0, 0.1) is 0 Å². The van der Waals surface area contributed by atoms with Crippen molar-refractivity contribution in [1.82, 2.24) is 19.3 Å². The van der Waals surface area contributed by atoms with E-state index in [2.05, 4.69) is 9.88 Å². The van der Waals surface area contributed by atoms with Crippen LogP contribution in [0.5, 0.6) is 5.75 Å². The van der Waals surface area contributed by atoms with Crippen LogP contribution < -0.4 is 9.64 Å². The van der Waals surface area contributed by atoms with E-state index in [1.54, 1.807) is 30.5 Å². The molecule has 9 heteroatoms. The van der Waals surface area contributed by atoms with E-state index in [0.717, 1.165) is 48.7 Å². The largest absolute Gasteiger partial charge is 0.497 e. The fourth-order valence-electron chi connectivity index (χ4n) is 4.46. The molecule has 0 N–H and O–H groups in total. The predicted octanol–water partition coefficient (Wildman–Crippen LogP) is 3.28. The van der Waals surface area contributed by atoms with Gasteiger partial charge in [-0.3, -0.25) is 4.98 Å². The predicted molar refractivity (Wildman–Crippen MR) is 126 cm³/mol. The molecule has 1 saturated heterocycles. The SMILES string of the molecule is COc1cccc(S(=O)(=O)N2CCc3nc(-c4ccccn4)nc(N4CCCCC4)c3C2)c1. The molecule has 0 atom stereocenters. The summed E-state index contributed by atoms with van der Waals surface area (Å²) in [6, 6.07) is 12.3. The lowest BCUT2D eigenvalue weighted by Gasteiger charge is -2.34. The van der Waals surface area contributed by atoms with Crippen molar-refractivity contribution in [2.45, 2.75) is 37.1 Å². The molecule has 8 nitrogen and oxygen atoms in total. The highest BCUT2D eigenvalue weighted by atomic mass is 32.2. The Hall–Kier alpha value is -3.04. The summed E-state index contributed by atoms with van der Waals surface area (Å²) in [7, 11) is -2.15. The van der Waals surface area contributed by atoms with E-state index in [1.165, 1.54) is 17.8 Å². The Bertz CT molecular complexity index is 1240. The summed E-state index contributed by atoms with van der Waals surface area (Å²) in [5.41, 5.74) is 2.53. The first kappa shape index (κ1) is 21.8. The number of methoxy groups -OCH3 is 1. The number of pyridine rings is 1. The van der Waals surface area contributed by atoms with Crippen LogP contribution in [0.15, 0.2) is 53.6 Å². The molecule has 2 aliphatic heterocycles. The molecule has 172 valence electrons. The molecule has 0 spiro atoms. The number of anilines is 1. The second-order valence-corrected chi connectivity index (χ2v) is 10.3. The summed E-state index contributed by atoms with van der Waals surface area (Å²) < 4.78 is 33.7. The van der Waals surface area contributed by atoms with Crippen LogP contribution in [-0.2, 0) is 23.0 Å². The lowest BCUT2D eigenvalue weighted by molar-refractivity contribution is 0.385. The lowest BCUT2D eigenvalue weighted by atomic mass is 10.0. The summed E-state index contributed by atoms with van der Waals surface area (Å²) in [5.74, 6) is 1.95. The quantitative estimate of drug-likeness (QED) is 0.571. The number of ether oxygens (including phenoxy) is 1. The fraction of sp³-hybridized carbons (Fsp3) is 0.375. The van der Waals surface area contributed by atoms with Crippen molar-refractivity contribution in [3.8, 4) is 17.3 Å². The van der Waals surface area contributed by atoms with Gasteiger partial charge in [0, 0.05) is 50.4 Å². The molecule has 0 unspecified atom stereocenters. The third kappa shape index (κ3) is 4.30. The number of fused-ring (bicyclic) bond motifs is 1. The third-order valence-corrected chi connectivity index (χ3v) is 8.07. The Kier molecular flexibility index (Phi) is 5.99. The van der Waals surface area contributed by atoms with Crippen LogP contribution in [0.1, 0.15) is 30.5 Å². The van der Waals surface area contributed by atoms with Crippen molar-refractivity contribution in [2.75, 3.05) is 31.6 Å². The molecule has 0 radical (unpaired) electrons. The topological polar surface area (TPSA) is 88.5 Å². The van der Waals surface area contributed by atoms with E-state index >= 15 is 0 Å². The molecule has 0 bridgehead atoms. The smallest absolute Gasteiger partial charge is 0.243 e. The molecular weight excluding hydrogens is 438 g/mol. The fourth-order valence-corrected chi connectivity index (χ4v) is 5.91. The van der Waals surface area contributed by atoms with E-state index in [0.29, 0.717) is 24.5 Å². The molecule has 2 aliphatic rings. The molecular formula is C24H27N5O3S. The van der Waals surface area contributed by atoms with Gasteiger partial charge in [0.1, 0.15) is 17.3 Å². The Morgan fingerprint density at radius 2 is 1.82 bits per heavy atom. The molecule has 2 aromatic heterocycles. The van der Waals surface area contributed by atoms with Crippen molar-refractivity contribution in [1.29, 1.82) is 0 Å². The van der Waals surface area contributed by atoms with E-state index in [-0.39, 0.29) is 11.4 Å². The second kappa shape index (κ2) is 9.07. The van der Waals surface area contributed by atoms with Crippen LogP contribution in [0.3, 0.4) is 0 Å². The number of hydrogen-bond acceptors (Lipinski definition) is 7. The molecule has 4 heterocycles. The minimum atomic E-state index is -3.68. The van der Waals surface area contributed by atoms with Gasteiger partial charge in [0.15, 0.2) is 5.82 Å². The molecule has 0 aliphatic carbocycles. The van der Waals surface area contributed by atoms with Crippen LogP contribution in [0.2, 0.25) is 0 Å². The van der Waals surface area contributed by atoms with Gasteiger partial charge >= 0.3 is 0 Å². The summed E-state index contributed by atoms with van der Waals surface area (Å²) in [6.45, 7) is 2.44. The van der Waals surface area contributed by atoms with E-state index < -0.39 is 10.0 Å². The minimum absolute atomic E-state index is 0.232. The van der Waals surface area contributed by atoms with Gasteiger partial charge in [0.25, 0.3) is 0 Å². The van der Waals surface area contributed by atoms with Gasteiger partial charge in [0.05, 0.1) is 17.7 Å². The first-order valence-corrected chi connectivity index (χ1v) is 12.7. The van der Waals surface area contributed by atoms with Crippen LogP contribution in [0.25, 0.3) is 11.5 Å². The second-order valence-electron chi connectivity index (χ2n) is 8.33. The van der Waals surface area contributed by atoms with Crippen LogP contribution >= 0.6 is 0 Å². The first-order valence-electron chi connectivity index (χ1n) is 11.3. The summed E-state index contributed by atoms with van der Waals surface area (Å²) >= 11 is 0. The zero-order chi connectivity index (χ0) is 22.8. The third-order valence-electron chi connectivity index (χ3n) is 6.23. The van der Waals surface area contributed by atoms with Gasteiger partial charge in [-0.05, 0) is 43.5 Å². The Morgan fingerprint density at radius 3 is 2.58 bits per heavy atom. The van der Waals surface area contributed by atoms with E-state index in [9.17, 15) is 8.42 Å². The number of sulfonamides is 1. The maximum absolute atomic E-state index is 13.4. The van der Waals surface area contributed by atoms with Gasteiger partial charge < -0.3 is 9.64 Å². The van der Waals surface area contributed by atoms with E-state index in [4.69, 9.17) is 14.7 Å². The standard InChI is InChI=1S/C24H27N5O3S/c1-32-18-8-7-9-19(16-18)33(30,31)29-15-11-21-20(17-29)24(28-13-5-2-6-14-28)27-23(26-21)22-10-3-4-12-25-22/h3-4,7-10,12,16H,2,5-6,11,13-15,17H2,1H3. The Balaban J connectivity index is 1.54. The monoisotopic (exact) mass is 465 g/mol. The summed E-state index contributed by atoms with van der Waals surface area (Å²) in [4.78, 5) is 16.7. The van der Waals surface area contributed by atoms with Gasteiger partial charge in [0.2, 0.25) is 10.0 Å². The van der Waals surface area contributed by atoms with Crippen LogP contribution in [-0.4, -0.2) is 54.4 Å². The van der Waals surface area contributed by atoms with Crippen molar-refractivity contribution in [2.24, 2.45) is 0 Å². The highest BCUT2D eigenvalue weighted by Gasteiger charge is 2.33. The Morgan fingerprint density at radius 1 is 0.970 bits per heavy atom. The van der Waals surface area contributed by atoms with Crippen molar-refractivity contribution in [3.63, 3.8) is 0 Å². The molecule has 1 aromatic carbocycles. The molecule has 0 amide bonds. The minimum Gasteiger partial charge on any atom is -0.497 e. The summed E-state index contributed by atoms with van der Waals surface area (Å²) in [6.07, 6.45) is 5.67. The van der Waals surface area contributed by atoms with Crippen LogP contribution in [0.4, 0.5) is 5.82 Å². The van der Waals surface area contributed by atoms with Gasteiger partial charge in [-0.15, -0.1) is 0 Å². The van der Waals surface area contributed by atoms with Gasteiger partial charge in [-0.25, -0.2) is 18.4 Å². The average Bonchev–Trinajstić information content (AvgIpc) is 2.88. The van der Waals surface area contributed by atoms with Crippen molar-refractivity contribution < 1.29 is 13.2 Å². The number of aromatic nitrogens is 3. The molecule has 1 fully saturated rings. The first-order chi connectivity index (χ1) is 16.1. The van der Waals surface area contributed by atoms with Gasteiger partial charge in [-0.2, -0.15) is 4.31 Å². The maximum Gasteiger partial charge on any atom is 0.243 e. The number of benzene rings is 1. The average molecular weight is 466 g/mol. The molecule has 5 rings (SSSR count). The number of piperidine rings is 1. The highest BCUT2D eigenvalue weighted by Crippen LogP contribution is 2.33. The van der Waals surface area contributed by atoms with Crippen molar-refractivity contribution in [3.05, 3.63) is 59.9 Å². The molecule has 3 aromatic rings. The van der Waals surface area contributed by atoms with Crippen molar-refractivity contribution >= 4 is 15.8 Å².